The van der Waals surface area contributed by atoms with Crippen LogP contribution in [0.1, 0.15) is 21.5 Å². The van der Waals surface area contributed by atoms with E-state index in [2.05, 4.69) is 10.3 Å². The van der Waals surface area contributed by atoms with Gasteiger partial charge in [0.2, 0.25) is 0 Å². The number of hydrogen-bond acceptors (Lipinski definition) is 4. The number of halogens is 2. The van der Waals surface area contributed by atoms with Crippen LogP contribution in [-0.2, 0) is 17.8 Å². The smallest absolute Gasteiger partial charge is 0.341 e. The lowest BCUT2D eigenvalue weighted by atomic mass is 10.1. The van der Waals surface area contributed by atoms with Gasteiger partial charge in [-0.3, -0.25) is 4.99 Å². The average Bonchev–Trinajstić information content (AvgIpc) is 2.67. The first-order valence-electron chi connectivity index (χ1n) is 8.40. The summed E-state index contributed by atoms with van der Waals surface area (Å²) in [5, 5.41) is 3.23. The van der Waals surface area contributed by atoms with Gasteiger partial charge in [-0.2, -0.15) is 0 Å². The van der Waals surface area contributed by atoms with Gasteiger partial charge in [-0.1, -0.05) is 18.2 Å². The fourth-order valence-corrected chi connectivity index (χ4v) is 2.68. The monoisotopic (exact) mass is 501 g/mol. The third-order valence-electron chi connectivity index (χ3n) is 4.00. The first kappa shape index (κ1) is 23.7. The van der Waals surface area contributed by atoms with Gasteiger partial charge in [0.05, 0.1) is 14.2 Å². The molecule has 1 N–H and O–H groups in total. The van der Waals surface area contributed by atoms with Crippen molar-refractivity contribution in [2.45, 2.75) is 13.1 Å². The second-order valence-corrected chi connectivity index (χ2v) is 5.91. The predicted octanol–water partition coefficient (Wildman–Crippen LogP) is 3.45. The van der Waals surface area contributed by atoms with Crippen LogP contribution in [0.2, 0.25) is 0 Å². The number of hydrogen-bond donors (Lipinski definition) is 1. The molecule has 0 aliphatic rings. The Morgan fingerprint density at radius 1 is 1.18 bits per heavy atom. The zero-order chi connectivity index (χ0) is 19.8. The number of guanidine groups is 1. The maximum absolute atomic E-state index is 13.4. The number of aliphatic imine (C=N–C) groups is 1. The molecule has 2 rings (SSSR count). The lowest BCUT2D eigenvalue weighted by Gasteiger charge is -2.22. The van der Waals surface area contributed by atoms with Crippen molar-refractivity contribution in [3.8, 4) is 5.75 Å². The summed E-state index contributed by atoms with van der Waals surface area (Å²) >= 11 is 0. The van der Waals surface area contributed by atoms with Gasteiger partial charge < -0.3 is 19.7 Å². The predicted molar refractivity (Wildman–Crippen MR) is 118 cm³/mol. The third-order valence-corrected chi connectivity index (χ3v) is 4.00. The molecule has 0 atom stereocenters. The van der Waals surface area contributed by atoms with E-state index in [9.17, 15) is 9.18 Å². The Labute approximate surface area is 181 Å². The van der Waals surface area contributed by atoms with E-state index in [-0.39, 0.29) is 29.8 Å². The van der Waals surface area contributed by atoms with Gasteiger partial charge >= 0.3 is 5.97 Å². The minimum atomic E-state index is -0.457. The van der Waals surface area contributed by atoms with E-state index in [4.69, 9.17) is 9.47 Å². The Morgan fingerprint density at radius 3 is 2.54 bits per heavy atom. The van der Waals surface area contributed by atoms with Crippen molar-refractivity contribution >= 4 is 35.9 Å². The highest BCUT2D eigenvalue weighted by Crippen LogP contribution is 2.20. The maximum Gasteiger partial charge on any atom is 0.341 e. The van der Waals surface area contributed by atoms with Gasteiger partial charge in [0.25, 0.3) is 0 Å². The number of rotatable bonds is 6. The van der Waals surface area contributed by atoms with E-state index < -0.39 is 5.97 Å². The van der Waals surface area contributed by atoms with Crippen LogP contribution in [0, 0.1) is 5.82 Å². The van der Waals surface area contributed by atoms with Crippen molar-refractivity contribution in [3.63, 3.8) is 0 Å². The summed E-state index contributed by atoms with van der Waals surface area (Å²) in [5.74, 6) is 0.381. The van der Waals surface area contributed by atoms with Crippen molar-refractivity contribution in [1.29, 1.82) is 0 Å². The van der Waals surface area contributed by atoms with Crippen molar-refractivity contribution < 1.29 is 18.7 Å². The highest BCUT2D eigenvalue weighted by Gasteiger charge is 2.14. The molecule has 8 heteroatoms. The highest BCUT2D eigenvalue weighted by molar-refractivity contribution is 14.0. The van der Waals surface area contributed by atoms with E-state index >= 15 is 0 Å². The van der Waals surface area contributed by atoms with Gasteiger partial charge in [0, 0.05) is 27.2 Å². The Hall–Kier alpha value is -2.36. The fourth-order valence-electron chi connectivity index (χ4n) is 2.68. The largest absolute Gasteiger partial charge is 0.496 e. The van der Waals surface area contributed by atoms with Gasteiger partial charge in [0.15, 0.2) is 5.96 Å². The Kier molecular flexibility index (Phi) is 9.70. The lowest BCUT2D eigenvalue weighted by Crippen LogP contribution is -2.38. The number of nitrogens with zero attached hydrogens (tertiary/aromatic N) is 2. The molecular formula is C20H25FIN3O3. The van der Waals surface area contributed by atoms with Gasteiger partial charge in [-0.05, 0) is 35.4 Å². The lowest BCUT2D eigenvalue weighted by molar-refractivity contribution is 0.0597. The number of nitrogens with one attached hydrogen (secondary N) is 1. The number of esters is 1. The molecule has 0 amide bonds. The van der Waals surface area contributed by atoms with E-state index in [1.807, 2.05) is 24.1 Å². The van der Waals surface area contributed by atoms with Crippen molar-refractivity contribution in [2.75, 3.05) is 28.3 Å². The van der Waals surface area contributed by atoms with Crippen LogP contribution in [0.5, 0.6) is 5.75 Å². The van der Waals surface area contributed by atoms with E-state index in [0.717, 1.165) is 11.1 Å². The first-order chi connectivity index (χ1) is 13.0. The van der Waals surface area contributed by atoms with Crippen LogP contribution >= 0.6 is 24.0 Å². The van der Waals surface area contributed by atoms with Crippen molar-refractivity contribution in [2.24, 2.45) is 4.99 Å². The number of carbonyl (C=O) groups excluding carboxylic acids is 1. The second-order valence-electron chi connectivity index (χ2n) is 5.91. The first-order valence-corrected chi connectivity index (χ1v) is 8.40. The number of methoxy groups -OCH3 is 2. The topological polar surface area (TPSA) is 63.2 Å². The summed E-state index contributed by atoms with van der Waals surface area (Å²) in [5.41, 5.74) is 2.08. The number of ether oxygens (including phenoxy) is 2. The Balaban J connectivity index is 0.00000392. The quantitative estimate of drug-likeness (QED) is 0.285. The minimum absolute atomic E-state index is 0. The van der Waals surface area contributed by atoms with Crippen molar-refractivity contribution in [1.82, 2.24) is 10.2 Å². The number of carbonyl (C=O) groups is 1. The van der Waals surface area contributed by atoms with Gasteiger partial charge in [-0.25, -0.2) is 9.18 Å². The molecule has 2 aromatic carbocycles. The van der Waals surface area contributed by atoms with E-state index in [1.54, 1.807) is 25.2 Å². The molecule has 28 heavy (non-hydrogen) atoms. The Morgan fingerprint density at radius 2 is 1.93 bits per heavy atom. The fraction of sp³-hybridized carbons (Fsp3) is 0.300. The molecule has 0 bridgehead atoms. The molecule has 0 aliphatic heterocycles. The molecule has 0 unspecified atom stereocenters. The van der Waals surface area contributed by atoms with Gasteiger partial charge in [0.1, 0.15) is 17.1 Å². The van der Waals surface area contributed by atoms with E-state index in [1.165, 1.54) is 26.4 Å². The molecule has 152 valence electrons. The molecule has 2 aromatic rings. The van der Waals surface area contributed by atoms with Crippen LogP contribution in [0.4, 0.5) is 4.39 Å². The van der Waals surface area contributed by atoms with Crippen LogP contribution in [0.25, 0.3) is 0 Å². The third kappa shape index (κ3) is 6.36. The molecule has 0 aromatic heterocycles. The number of benzene rings is 2. The second kappa shape index (κ2) is 11.5. The summed E-state index contributed by atoms with van der Waals surface area (Å²) in [6.45, 7) is 0.960. The standard InChI is InChI=1S/C20H24FN3O3.HI/c1-22-20(24(2)13-15-6-5-7-16(21)10-15)23-12-14-8-9-18(26-3)17(11-14)19(25)27-4;/h5-11H,12-13H2,1-4H3,(H,22,23);1H. The van der Waals surface area contributed by atoms with Crippen LogP contribution in [0.15, 0.2) is 47.5 Å². The zero-order valence-corrected chi connectivity index (χ0v) is 18.7. The molecule has 0 heterocycles. The Bertz CT molecular complexity index is 830. The van der Waals surface area contributed by atoms with Crippen LogP contribution in [-0.4, -0.2) is 45.1 Å². The van der Waals surface area contributed by atoms with E-state index in [0.29, 0.717) is 30.4 Å². The molecule has 0 fully saturated rings. The molecule has 0 radical (unpaired) electrons. The molecule has 0 saturated carbocycles. The maximum atomic E-state index is 13.4. The normalized spacial score (nSPS) is 10.7. The SMILES string of the molecule is CN=C(NCc1ccc(OC)c(C(=O)OC)c1)N(C)Cc1cccc(F)c1.I. The molecule has 0 aliphatic carbocycles. The minimum Gasteiger partial charge on any atom is -0.496 e. The van der Waals surface area contributed by atoms with Crippen LogP contribution in [0.3, 0.4) is 0 Å². The summed E-state index contributed by atoms with van der Waals surface area (Å²) in [4.78, 5) is 18.0. The van der Waals surface area contributed by atoms with Gasteiger partial charge in [-0.15, -0.1) is 24.0 Å². The summed E-state index contributed by atoms with van der Waals surface area (Å²) in [6.07, 6.45) is 0. The molecular weight excluding hydrogens is 476 g/mol. The van der Waals surface area contributed by atoms with Crippen LogP contribution < -0.4 is 10.1 Å². The average molecular weight is 501 g/mol. The summed E-state index contributed by atoms with van der Waals surface area (Å²) in [7, 11) is 6.38. The summed E-state index contributed by atoms with van der Waals surface area (Å²) < 4.78 is 23.3. The molecule has 6 nitrogen and oxygen atoms in total. The zero-order valence-electron chi connectivity index (χ0n) is 16.4. The summed E-state index contributed by atoms with van der Waals surface area (Å²) in [6, 6.07) is 11.8. The molecule has 0 saturated heterocycles. The molecule has 0 spiro atoms. The van der Waals surface area contributed by atoms with Crippen molar-refractivity contribution in [3.05, 3.63) is 65.0 Å². The highest BCUT2D eigenvalue weighted by atomic mass is 127.